The molecule has 0 saturated carbocycles. The second-order valence-electron chi connectivity index (χ2n) is 7.55. The molecule has 0 radical (unpaired) electrons. The molecular formula is C22H29N5O2. The fourth-order valence-corrected chi connectivity index (χ4v) is 3.22. The maximum absolute atomic E-state index is 12.2. The molecule has 1 fully saturated rings. The largest absolute Gasteiger partial charge is 0.378 e. The molecule has 0 spiro atoms. The lowest BCUT2D eigenvalue weighted by Crippen LogP contribution is -2.44. The summed E-state index contributed by atoms with van der Waals surface area (Å²) in [6.07, 6.45) is -0.227. The van der Waals surface area contributed by atoms with Crippen LogP contribution in [0.15, 0.2) is 48.5 Å². The van der Waals surface area contributed by atoms with Crippen LogP contribution in [0.25, 0.3) is 0 Å². The van der Waals surface area contributed by atoms with Crippen LogP contribution in [0.4, 0.5) is 22.7 Å². The second-order valence-corrected chi connectivity index (χ2v) is 7.55. The Hall–Kier alpha value is -3.06. The Morgan fingerprint density at radius 1 is 0.828 bits per heavy atom. The number of carbonyl (C=O) groups excluding carboxylic acids is 2. The molecule has 154 valence electrons. The standard InChI is InChI=1S/C22H29N5O2/c1-25(2)19-8-4-17(5-9-19)23-21(28)16-22(29)24-18-6-10-20(11-7-18)27-14-12-26(3)13-15-27/h4-11H,12-16H2,1-3H3,(H,23,28)(H,24,29). The number of nitrogens with zero attached hydrogens (tertiary/aromatic N) is 3. The summed E-state index contributed by atoms with van der Waals surface area (Å²) >= 11 is 0. The van der Waals surface area contributed by atoms with Gasteiger partial charge >= 0.3 is 0 Å². The minimum absolute atomic E-state index is 0.227. The zero-order valence-corrected chi connectivity index (χ0v) is 17.3. The van der Waals surface area contributed by atoms with Gasteiger partial charge in [-0.25, -0.2) is 0 Å². The molecule has 0 atom stereocenters. The summed E-state index contributed by atoms with van der Waals surface area (Å²) in [6, 6.07) is 15.2. The molecule has 1 saturated heterocycles. The quantitative estimate of drug-likeness (QED) is 0.736. The summed E-state index contributed by atoms with van der Waals surface area (Å²) in [5.41, 5.74) is 3.55. The van der Waals surface area contributed by atoms with Crippen molar-refractivity contribution in [3.8, 4) is 0 Å². The third-order valence-corrected chi connectivity index (χ3v) is 5.01. The number of piperazine rings is 1. The van der Waals surface area contributed by atoms with Crippen LogP contribution in [0.2, 0.25) is 0 Å². The second kappa shape index (κ2) is 9.43. The van der Waals surface area contributed by atoms with Crippen molar-refractivity contribution in [1.82, 2.24) is 4.90 Å². The summed E-state index contributed by atoms with van der Waals surface area (Å²) in [4.78, 5) is 30.9. The van der Waals surface area contributed by atoms with E-state index < -0.39 is 0 Å². The highest BCUT2D eigenvalue weighted by molar-refractivity contribution is 6.08. The van der Waals surface area contributed by atoms with Crippen LogP contribution in [0.1, 0.15) is 6.42 Å². The average molecular weight is 396 g/mol. The minimum atomic E-state index is -0.339. The summed E-state index contributed by atoms with van der Waals surface area (Å²) in [7, 11) is 6.04. The van der Waals surface area contributed by atoms with E-state index in [1.165, 1.54) is 0 Å². The van der Waals surface area contributed by atoms with Gasteiger partial charge in [0.2, 0.25) is 11.8 Å². The normalized spacial score (nSPS) is 14.4. The van der Waals surface area contributed by atoms with E-state index in [1.54, 1.807) is 0 Å². The first-order valence-corrected chi connectivity index (χ1v) is 9.81. The number of hydrogen-bond donors (Lipinski definition) is 2. The van der Waals surface area contributed by atoms with Crippen LogP contribution in [0, 0.1) is 0 Å². The Bertz CT molecular complexity index is 825. The van der Waals surface area contributed by atoms with Gasteiger partial charge in [-0.2, -0.15) is 0 Å². The molecule has 2 aromatic rings. The van der Waals surface area contributed by atoms with Gasteiger partial charge in [0.25, 0.3) is 0 Å². The molecule has 1 heterocycles. The van der Waals surface area contributed by atoms with E-state index in [0.717, 1.165) is 37.6 Å². The Balaban J connectivity index is 1.47. The number of likely N-dealkylation sites (N-methyl/N-ethyl adjacent to an activating group) is 1. The number of nitrogens with one attached hydrogen (secondary N) is 2. The van der Waals surface area contributed by atoms with Crippen molar-refractivity contribution in [1.29, 1.82) is 0 Å². The first kappa shape index (κ1) is 20.7. The van der Waals surface area contributed by atoms with E-state index >= 15 is 0 Å². The van der Waals surface area contributed by atoms with Crippen LogP contribution in [-0.4, -0.2) is 64.0 Å². The van der Waals surface area contributed by atoms with Crippen molar-refractivity contribution < 1.29 is 9.59 Å². The van der Waals surface area contributed by atoms with Gasteiger partial charge in [0, 0.05) is 63.0 Å². The smallest absolute Gasteiger partial charge is 0.233 e. The zero-order chi connectivity index (χ0) is 20.8. The van der Waals surface area contributed by atoms with Crippen LogP contribution in [0.5, 0.6) is 0 Å². The monoisotopic (exact) mass is 395 g/mol. The summed E-state index contributed by atoms with van der Waals surface area (Å²) < 4.78 is 0. The molecule has 0 unspecified atom stereocenters. The lowest BCUT2D eigenvalue weighted by Gasteiger charge is -2.34. The van der Waals surface area contributed by atoms with Gasteiger partial charge in [-0.15, -0.1) is 0 Å². The molecule has 3 rings (SSSR count). The number of hydrogen-bond acceptors (Lipinski definition) is 5. The zero-order valence-electron chi connectivity index (χ0n) is 17.3. The number of amides is 2. The van der Waals surface area contributed by atoms with E-state index in [9.17, 15) is 9.59 Å². The fraction of sp³-hybridized carbons (Fsp3) is 0.364. The summed E-state index contributed by atoms with van der Waals surface area (Å²) in [5.74, 6) is -0.672. The molecule has 0 aromatic heterocycles. The van der Waals surface area contributed by atoms with Crippen molar-refractivity contribution in [2.45, 2.75) is 6.42 Å². The molecule has 2 amide bonds. The molecule has 7 heteroatoms. The first-order valence-electron chi connectivity index (χ1n) is 9.81. The van der Waals surface area contributed by atoms with E-state index in [4.69, 9.17) is 0 Å². The van der Waals surface area contributed by atoms with Crippen molar-refractivity contribution in [2.24, 2.45) is 0 Å². The first-order chi connectivity index (χ1) is 13.9. The SMILES string of the molecule is CN1CCN(c2ccc(NC(=O)CC(=O)Nc3ccc(N(C)C)cc3)cc2)CC1. The third kappa shape index (κ3) is 5.96. The number of carbonyl (C=O) groups is 2. The Morgan fingerprint density at radius 3 is 1.79 bits per heavy atom. The van der Waals surface area contributed by atoms with Crippen LogP contribution >= 0.6 is 0 Å². The molecule has 0 aliphatic carbocycles. The maximum atomic E-state index is 12.2. The molecular weight excluding hydrogens is 366 g/mol. The predicted octanol–water partition coefficient (Wildman–Crippen LogP) is 2.47. The molecule has 1 aliphatic heterocycles. The van der Waals surface area contributed by atoms with Crippen LogP contribution < -0.4 is 20.4 Å². The highest BCUT2D eigenvalue weighted by Gasteiger charge is 2.15. The van der Waals surface area contributed by atoms with Gasteiger partial charge < -0.3 is 25.3 Å². The molecule has 29 heavy (non-hydrogen) atoms. The maximum Gasteiger partial charge on any atom is 0.233 e. The number of benzene rings is 2. The lowest BCUT2D eigenvalue weighted by molar-refractivity contribution is -0.123. The number of anilines is 4. The lowest BCUT2D eigenvalue weighted by atomic mass is 10.2. The summed E-state index contributed by atoms with van der Waals surface area (Å²) in [6.45, 7) is 4.09. The van der Waals surface area contributed by atoms with Gasteiger partial charge in [-0.3, -0.25) is 9.59 Å². The van der Waals surface area contributed by atoms with Crippen LogP contribution in [0.3, 0.4) is 0 Å². The number of rotatable bonds is 6. The molecule has 2 N–H and O–H groups in total. The average Bonchev–Trinajstić information content (AvgIpc) is 2.69. The van der Waals surface area contributed by atoms with Gasteiger partial charge in [-0.05, 0) is 55.6 Å². The fourth-order valence-electron chi connectivity index (χ4n) is 3.22. The van der Waals surface area contributed by atoms with Crippen molar-refractivity contribution in [3.63, 3.8) is 0 Å². The van der Waals surface area contributed by atoms with Crippen molar-refractivity contribution >= 4 is 34.6 Å². The predicted molar refractivity (Wildman–Crippen MR) is 119 cm³/mol. The van der Waals surface area contributed by atoms with Crippen molar-refractivity contribution in [2.75, 3.05) is 67.8 Å². The Morgan fingerprint density at radius 2 is 1.31 bits per heavy atom. The minimum Gasteiger partial charge on any atom is -0.378 e. The van der Waals surface area contributed by atoms with E-state index in [-0.39, 0.29) is 18.2 Å². The Kier molecular flexibility index (Phi) is 6.72. The van der Waals surface area contributed by atoms with Gasteiger partial charge in [0.1, 0.15) is 6.42 Å². The van der Waals surface area contributed by atoms with Gasteiger partial charge in [0.15, 0.2) is 0 Å². The van der Waals surface area contributed by atoms with Crippen LogP contribution in [-0.2, 0) is 9.59 Å². The highest BCUT2D eigenvalue weighted by Crippen LogP contribution is 2.20. The Labute approximate surface area is 172 Å². The van der Waals surface area contributed by atoms with E-state index in [2.05, 4.69) is 27.5 Å². The molecule has 1 aliphatic rings. The van der Waals surface area contributed by atoms with Gasteiger partial charge in [-0.1, -0.05) is 0 Å². The van der Waals surface area contributed by atoms with E-state index in [1.807, 2.05) is 67.5 Å². The van der Waals surface area contributed by atoms with Gasteiger partial charge in [0.05, 0.1) is 0 Å². The van der Waals surface area contributed by atoms with Crippen molar-refractivity contribution in [3.05, 3.63) is 48.5 Å². The molecule has 2 aromatic carbocycles. The third-order valence-electron chi connectivity index (χ3n) is 5.01. The highest BCUT2D eigenvalue weighted by atomic mass is 16.2. The topological polar surface area (TPSA) is 67.9 Å². The molecule has 7 nitrogen and oxygen atoms in total. The summed E-state index contributed by atoms with van der Waals surface area (Å²) in [5, 5.41) is 5.54. The molecule has 0 bridgehead atoms. The van der Waals surface area contributed by atoms with E-state index in [0.29, 0.717) is 11.4 Å².